The monoisotopic (exact) mass is 292 g/mol. The number of benzene rings is 1. The fourth-order valence-corrected chi connectivity index (χ4v) is 1.78. The minimum absolute atomic E-state index is 0.196. The highest BCUT2D eigenvalue weighted by Gasteiger charge is 2.09. The Bertz CT molecular complexity index is 661. The highest BCUT2D eigenvalue weighted by Crippen LogP contribution is 2.29. The summed E-state index contributed by atoms with van der Waals surface area (Å²) < 4.78 is 5.12. The Morgan fingerprint density at radius 2 is 2.15 bits per heavy atom. The number of ether oxygens (including phenoxy) is 1. The predicted molar refractivity (Wildman–Crippen MR) is 78.5 cm³/mol. The van der Waals surface area contributed by atoms with Crippen LogP contribution in [0.5, 0.6) is 5.75 Å². The van der Waals surface area contributed by atoms with Crippen LogP contribution in [0.25, 0.3) is 0 Å². The van der Waals surface area contributed by atoms with Crippen molar-refractivity contribution in [1.29, 1.82) is 0 Å². The summed E-state index contributed by atoms with van der Waals surface area (Å²) in [6.07, 6.45) is 1.36. The van der Waals surface area contributed by atoms with Gasteiger partial charge in [0.25, 0.3) is 5.91 Å². The fraction of sp³-hybridized carbons (Fsp3) is 0.0769. The molecule has 0 saturated heterocycles. The molecule has 0 fully saturated rings. The second-order valence-corrected chi connectivity index (χ2v) is 4.40. The third kappa shape index (κ3) is 2.92. The number of nitrogens with zero attached hydrogens (tertiary/aromatic N) is 1. The number of hydrogen-bond donors (Lipinski definition) is 3. The highest BCUT2D eigenvalue weighted by atomic mass is 35.5. The Balaban J connectivity index is 2.35. The molecule has 0 radical (unpaired) electrons. The second-order valence-electron chi connectivity index (χ2n) is 3.99. The van der Waals surface area contributed by atoms with Crippen LogP contribution in [0.4, 0.5) is 17.2 Å². The number of methoxy groups -OCH3 is 1. The molecule has 0 spiro atoms. The minimum atomic E-state index is -0.621. The number of carbonyl (C=O) groups is 1. The third-order valence-electron chi connectivity index (χ3n) is 2.64. The lowest BCUT2D eigenvalue weighted by atomic mass is 10.2. The molecular formula is C13H13ClN4O2. The normalized spacial score (nSPS) is 10.1. The maximum atomic E-state index is 11.2. The van der Waals surface area contributed by atoms with Gasteiger partial charge < -0.3 is 21.5 Å². The lowest BCUT2D eigenvalue weighted by molar-refractivity contribution is 0.100. The first kappa shape index (κ1) is 14.0. The summed E-state index contributed by atoms with van der Waals surface area (Å²) in [6, 6.07) is 6.60. The van der Waals surface area contributed by atoms with E-state index in [4.69, 9.17) is 27.8 Å². The van der Waals surface area contributed by atoms with E-state index in [9.17, 15) is 4.79 Å². The number of carbonyl (C=O) groups excluding carboxylic acids is 1. The van der Waals surface area contributed by atoms with Crippen molar-refractivity contribution in [3.63, 3.8) is 0 Å². The Labute approximate surface area is 120 Å². The van der Waals surface area contributed by atoms with Gasteiger partial charge in [0.1, 0.15) is 11.6 Å². The number of nitrogens with two attached hydrogens (primary N) is 2. The smallest absolute Gasteiger partial charge is 0.250 e. The van der Waals surface area contributed by atoms with Crippen LogP contribution < -0.4 is 21.5 Å². The third-order valence-corrected chi connectivity index (χ3v) is 2.97. The summed E-state index contributed by atoms with van der Waals surface area (Å²) in [5.41, 5.74) is 11.9. The Morgan fingerprint density at radius 3 is 2.80 bits per heavy atom. The molecule has 0 atom stereocenters. The van der Waals surface area contributed by atoms with Crippen LogP contribution in [0.1, 0.15) is 10.4 Å². The topological polar surface area (TPSA) is 103 Å². The summed E-state index contributed by atoms with van der Waals surface area (Å²) in [7, 11) is 1.56. The van der Waals surface area contributed by atoms with Crippen LogP contribution in [0.3, 0.4) is 0 Å². The SMILES string of the molecule is COc1ccc(Cl)c(Nc2cc(C(N)=O)c(N)cn2)c1. The molecule has 1 amide bonds. The van der Waals surface area contributed by atoms with Crippen molar-refractivity contribution >= 4 is 34.7 Å². The zero-order chi connectivity index (χ0) is 14.7. The van der Waals surface area contributed by atoms with Gasteiger partial charge in [0, 0.05) is 6.07 Å². The van der Waals surface area contributed by atoms with Crippen molar-refractivity contribution in [1.82, 2.24) is 4.98 Å². The van der Waals surface area contributed by atoms with Gasteiger partial charge in [0.2, 0.25) is 0 Å². The van der Waals surface area contributed by atoms with Crippen molar-refractivity contribution in [3.05, 3.63) is 41.0 Å². The molecule has 0 aliphatic carbocycles. The van der Waals surface area contributed by atoms with Gasteiger partial charge in [-0.2, -0.15) is 0 Å². The largest absolute Gasteiger partial charge is 0.497 e. The number of amides is 1. The first-order valence-corrected chi connectivity index (χ1v) is 6.05. The van der Waals surface area contributed by atoms with Gasteiger partial charge in [0.15, 0.2) is 0 Å². The molecule has 1 heterocycles. The number of nitrogens with one attached hydrogen (secondary N) is 1. The molecule has 1 aromatic heterocycles. The van der Waals surface area contributed by atoms with Crippen LogP contribution in [0.15, 0.2) is 30.5 Å². The molecule has 1 aromatic carbocycles. The molecule has 2 aromatic rings. The summed E-state index contributed by atoms with van der Waals surface area (Å²) >= 11 is 6.07. The van der Waals surface area contributed by atoms with E-state index in [0.29, 0.717) is 22.3 Å². The van der Waals surface area contributed by atoms with E-state index < -0.39 is 5.91 Å². The molecule has 104 valence electrons. The van der Waals surface area contributed by atoms with Crippen LogP contribution in [-0.2, 0) is 0 Å². The van der Waals surface area contributed by atoms with Gasteiger partial charge in [0.05, 0.1) is 35.3 Å². The first-order valence-electron chi connectivity index (χ1n) is 5.67. The van der Waals surface area contributed by atoms with Gasteiger partial charge >= 0.3 is 0 Å². The number of primary amides is 1. The lowest BCUT2D eigenvalue weighted by Gasteiger charge is -2.10. The van der Waals surface area contributed by atoms with Crippen LogP contribution in [0.2, 0.25) is 5.02 Å². The fourth-order valence-electron chi connectivity index (χ4n) is 1.61. The summed E-state index contributed by atoms with van der Waals surface area (Å²) in [6.45, 7) is 0. The molecule has 20 heavy (non-hydrogen) atoms. The highest BCUT2D eigenvalue weighted by molar-refractivity contribution is 6.33. The Morgan fingerprint density at radius 1 is 1.40 bits per heavy atom. The van der Waals surface area contributed by atoms with Crippen LogP contribution in [-0.4, -0.2) is 18.0 Å². The maximum Gasteiger partial charge on any atom is 0.250 e. The number of nitrogen functional groups attached to an aromatic ring is 1. The van der Waals surface area contributed by atoms with Gasteiger partial charge in [-0.15, -0.1) is 0 Å². The molecule has 0 aliphatic heterocycles. The van der Waals surface area contributed by atoms with Crippen molar-refractivity contribution in [2.24, 2.45) is 5.73 Å². The number of pyridine rings is 1. The van der Waals surface area contributed by atoms with E-state index in [1.807, 2.05) is 0 Å². The van der Waals surface area contributed by atoms with E-state index in [1.54, 1.807) is 25.3 Å². The standard InChI is InChI=1S/C13H13ClN4O2/c1-20-7-2-3-9(14)11(4-7)18-12-5-8(13(16)19)10(15)6-17-12/h2-6H,15H2,1H3,(H2,16,19)(H,17,18). The molecule has 6 nitrogen and oxygen atoms in total. The van der Waals surface area contributed by atoms with Crippen LogP contribution in [0, 0.1) is 0 Å². The molecule has 0 saturated carbocycles. The Kier molecular flexibility index (Phi) is 3.95. The predicted octanol–water partition coefficient (Wildman–Crippen LogP) is 2.17. The second kappa shape index (κ2) is 5.66. The lowest BCUT2D eigenvalue weighted by Crippen LogP contribution is -2.14. The van der Waals surface area contributed by atoms with Gasteiger partial charge in [-0.1, -0.05) is 11.6 Å². The van der Waals surface area contributed by atoms with Crippen molar-refractivity contribution < 1.29 is 9.53 Å². The molecule has 0 aliphatic rings. The maximum absolute atomic E-state index is 11.2. The summed E-state index contributed by atoms with van der Waals surface area (Å²) in [4.78, 5) is 15.3. The molecular weight excluding hydrogens is 280 g/mol. The Hall–Kier alpha value is -2.47. The number of rotatable bonds is 4. The molecule has 5 N–H and O–H groups in total. The summed E-state index contributed by atoms with van der Waals surface area (Å²) in [5, 5.41) is 3.47. The average Bonchev–Trinajstić information content (AvgIpc) is 2.43. The number of anilines is 3. The van der Waals surface area contributed by atoms with E-state index in [-0.39, 0.29) is 11.3 Å². The van der Waals surface area contributed by atoms with Crippen molar-refractivity contribution in [2.45, 2.75) is 0 Å². The molecule has 0 bridgehead atoms. The molecule has 2 rings (SSSR count). The average molecular weight is 293 g/mol. The van der Waals surface area contributed by atoms with E-state index in [2.05, 4.69) is 10.3 Å². The van der Waals surface area contributed by atoms with Gasteiger partial charge in [-0.05, 0) is 18.2 Å². The number of hydrogen-bond acceptors (Lipinski definition) is 5. The molecule has 0 unspecified atom stereocenters. The number of aromatic nitrogens is 1. The van der Waals surface area contributed by atoms with E-state index in [0.717, 1.165) is 0 Å². The van der Waals surface area contributed by atoms with Gasteiger partial charge in [-0.3, -0.25) is 4.79 Å². The minimum Gasteiger partial charge on any atom is -0.497 e. The van der Waals surface area contributed by atoms with E-state index >= 15 is 0 Å². The number of halogens is 1. The zero-order valence-electron chi connectivity index (χ0n) is 10.7. The molecule has 7 heteroatoms. The first-order chi connectivity index (χ1) is 9.51. The van der Waals surface area contributed by atoms with Crippen LogP contribution >= 0.6 is 11.6 Å². The quantitative estimate of drug-likeness (QED) is 0.801. The van der Waals surface area contributed by atoms with Crippen molar-refractivity contribution in [3.8, 4) is 5.75 Å². The summed E-state index contributed by atoms with van der Waals surface area (Å²) in [5.74, 6) is 0.426. The van der Waals surface area contributed by atoms with E-state index in [1.165, 1.54) is 12.3 Å². The van der Waals surface area contributed by atoms with Crippen molar-refractivity contribution in [2.75, 3.05) is 18.2 Å². The van der Waals surface area contributed by atoms with Gasteiger partial charge in [-0.25, -0.2) is 4.98 Å². The zero-order valence-corrected chi connectivity index (χ0v) is 11.4.